The second-order valence-corrected chi connectivity index (χ2v) is 10.8. The number of aromatic nitrogens is 2. The van der Waals surface area contributed by atoms with Gasteiger partial charge in [-0.1, -0.05) is 41.9 Å². The Balaban J connectivity index is 1.41. The van der Waals surface area contributed by atoms with Crippen molar-refractivity contribution in [1.29, 1.82) is 0 Å². The van der Waals surface area contributed by atoms with Crippen molar-refractivity contribution in [2.45, 2.75) is 45.0 Å². The summed E-state index contributed by atoms with van der Waals surface area (Å²) >= 11 is 6.40. The molecule has 1 saturated heterocycles. The molecule has 0 aliphatic carbocycles. The number of benzene rings is 2. The number of hydrogen-bond acceptors (Lipinski definition) is 9. The van der Waals surface area contributed by atoms with E-state index < -0.39 is 17.1 Å². The highest BCUT2D eigenvalue weighted by atomic mass is 35.5. The summed E-state index contributed by atoms with van der Waals surface area (Å²) in [5.74, 6) is -0.562. The smallest absolute Gasteiger partial charge is 0.337 e. The summed E-state index contributed by atoms with van der Waals surface area (Å²) in [7, 11) is 2.92. The average Bonchev–Trinajstić information content (AvgIpc) is 2.98. The third kappa shape index (κ3) is 7.22. The van der Waals surface area contributed by atoms with Crippen molar-refractivity contribution in [2.75, 3.05) is 33.0 Å². The molecule has 0 spiro atoms. The van der Waals surface area contributed by atoms with Gasteiger partial charge in [0.05, 0.1) is 36.9 Å². The first-order valence-electron chi connectivity index (χ1n) is 13.5. The van der Waals surface area contributed by atoms with Crippen LogP contribution in [0.1, 0.15) is 52.5 Å². The molecule has 11 nitrogen and oxygen atoms in total. The number of nitrogen functional groups attached to an aromatic ring is 1. The lowest BCUT2D eigenvalue weighted by Gasteiger charge is -2.38. The van der Waals surface area contributed by atoms with Gasteiger partial charge in [-0.15, -0.1) is 0 Å². The molecule has 1 aliphatic heterocycles. The number of rotatable bonds is 9. The van der Waals surface area contributed by atoms with Gasteiger partial charge in [-0.25, -0.2) is 9.78 Å². The minimum Gasteiger partial charge on any atom is -0.465 e. The van der Waals surface area contributed by atoms with E-state index in [1.807, 2.05) is 24.3 Å². The molecule has 0 radical (unpaired) electrons. The lowest BCUT2D eigenvalue weighted by atomic mass is 9.91. The van der Waals surface area contributed by atoms with Gasteiger partial charge >= 0.3 is 5.97 Å². The maximum absolute atomic E-state index is 13.2. The van der Waals surface area contributed by atoms with Gasteiger partial charge in [0.15, 0.2) is 0 Å². The Labute approximate surface area is 249 Å². The number of anilines is 1. The number of aliphatic hydroxyl groups is 1. The van der Waals surface area contributed by atoms with Crippen molar-refractivity contribution in [1.82, 2.24) is 19.8 Å². The predicted molar refractivity (Wildman–Crippen MR) is 161 cm³/mol. The van der Waals surface area contributed by atoms with Crippen LogP contribution in [0.5, 0.6) is 0 Å². The van der Waals surface area contributed by atoms with Crippen molar-refractivity contribution in [3.63, 3.8) is 0 Å². The Morgan fingerprint density at radius 2 is 1.83 bits per heavy atom. The second kappa shape index (κ2) is 13.3. The van der Waals surface area contributed by atoms with Gasteiger partial charge in [-0.2, -0.15) is 0 Å². The summed E-state index contributed by atoms with van der Waals surface area (Å²) in [6.45, 7) is 3.66. The minimum absolute atomic E-state index is 0.0495. The maximum atomic E-state index is 13.2. The number of nitrogens with one attached hydrogen (secondary N) is 1. The van der Waals surface area contributed by atoms with E-state index in [0.717, 1.165) is 16.7 Å². The van der Waals surface area contributed by atoms with Crippen LogP contribution >= 0.6 is 11.6 Å². The zero-order valence-corrected chi connectivity index (χ0v) is 24.6. The summed E-state index contributed by atoms with van der Waals surface area (Å²) in [6, 6.07) is 12.5. The van der Waals surface area contributed by atoms with Crippen LogP contribution < -0.4 is 16.6 Å². The normalized spacial score (nSPS) is 15.3. The van der Waals surface area contributed by atoms with E-state index >= 15 is 0 Å². The lowest BCUT2D eigenvalue weighted by molar-refractivity contribution is -0.119. The van der Waals surface area contributed by atoms with Gasteiger partial charge in [0, 0.05) is 50.7 Å². The SMILES string of the molecule is CN=C(c1ccc(CNC(C)=O)cc1)c1ncn(CC2(O)CCN(Cc3ccc(C(=O)OC)cc3Cl)CC2)c(=O)c1N. The van der Waals surface area contributed by atoms with Gasteiger partial charge < -0.3 is 20.9 Å². The topological polar surface area (TPSA) is 152 Å². The van der Waals surface area contributed by atoms with Gasteiger partial charge in [-0.3, -0.25) is 24.0 Å². The van der Waals surface area contributed by atoms with Crippen LogP contribution in [0, 0.1) is 0 Å². The molecule has 2 aromatic carbocycles. The molecule has 2 heterocycles. The van der Waals surface area contributed by atoms with Crippen LogP contribution in [-0.4, -0.2) is 70.0 Å². The number of esters is 1. The van der Waals surface area contributed by atoms with E-state index in [4.69, 9.17) is 22.1 Å². The molecule has 4 rings (SSSR count). The molecule has 1 fully saturated rings. The number of carbonyl (C=O) groups is 2. The highest BCUT2D eigenvalue weighted by molar-refractivity contribution is 6.31. The first-order valence-corrected chi connectivity index (χ1v) is 13.9. The Hall–Kier alpha value is -4.06. The van der Waals surface area contributed by atoms with Crippen LogP contribution in [0.3, 0.4) is 0 Å². The number of nitrogens with zero attached hydrogens (tertiary/aromatic N) is 4. The molecule has 0 bridgehead atoms. The lowest BCUT2D eigenvalue weighted by Crippen LogP contribution is -2.48. The molecule has 1 aromatic heterocycles. The Kier molecular flexibility index (Phi) is 9.77. The number of methoxy groups -OCH3 is 1. The largest absolute Gasteiger partial charge is 0.465 e. The predicted octanol–water partition coefficient (Wildman–Crippen LogP) is 2.40. The quantitative estimate of drug-likeness (QED) is 0.252. The van der Waals surface area contributed by atoms with E-state index in [9.17, 15) is 19.5 Å². The summed E-state index contributed by atoms with van der Waals surface area (Å²) in [4.78, 5) is 47.1. The Morgan fingerprint density at radius 3 is 2.43 bits per heavy atom. The molecule has 12 heteroatoms. The number of hydrogen-bond donors (Lipinski definition) is 3. The van der Waals surface area contributed by atoms with Crippen LogP contribution in [0.4, 0.5) is 5.69 Å². The molecule has 0 unspecified atom stereocenters. The third-order valence-electron chi connectivity index (χ3n) is 7.41. The molecule has 222 valence electrons. The average molecular weight is 595 g/mol. The van der Waals surface area contributed by atoms with Crippen molar-refractivity contribution in [2.24, 2.45) is 4.99 Å². The van der Waals surface area contributed by atoms with Crippen LogP contribution in [-0.2, 0) is 29.2 Å². The summed E-state index contributed by atoms with van der Waals surface area (Å²) in [5, 5.41) is 14.6. The monoisotopic (exact) mass is 594 g/mol. The molecule has 4 N–H and O–H groups in total. The number of halogens is 1. The summed E-state index contributed by atoms with van der Waals surface area (Å²) < 4.78 is 6.09. The standard InChI is InChI=1S/C30H35ClN6O5/c1-19(38)34-15-20-4-6-21(7-5-20)26(33-2)27-25(32)28(39)37(18-35-27)17-30(41)10-12-36(13-11-30)16-23-9-8-22(14-24(23)31)29(40)42-3/h4-9,14,18,41H,10-13,15-17,32H2,1-3H3,(H,34,38). The van der Waals surface area contributed by atoms with Crippen molar-refractivity contribution >= 4 is 34.9 Å². The number of piperidine rings is 1. The summed E-state index contributed by atoms with van der Waals surface area (Å²) in [5.41, 5.74) is 8.29. The minimum atomic E-state index is -1.11. The fraction of sp³-hybridized carbons (Fsp3) is 0.367. The van der Waals surface area contributed by atoms with E-state index in [-0.39, 0.29) is 23.8 Å². The Bertz CT molecular complexity index is 1540. The van der Waals surface area contributed by atoms with Crippen LogP contribution in [0.25, 0.3) is 0 Å². The van der Waals surface area contributed by atoms with Gasteiger partial charge in [0.2, 0.25) is 5.91 Å². The van der Waals surface area contributed by atoms with Crippen molar-refractivity contribution < 1.29 is 19.4 Å². The fourth-order valence-corrected chi connectivity index (χ4v) is 5.19. The van der Waals surface area contributed by atoms with E-state index in [1.54, 1.807) is 25.2 Å². The maximum Gasteiger partial charge on any atom is 0.337 e. The second-order valence-electron chi connectivity index (χ2n) is 10.4. The molecule has 0 atom stereocenters. The number of likely N-dealkylation sites (tertiary alicyclic amines) is 1. The zero-order valence-electron chi connectivity index (χ0n) is 23.9. The molecule has 3 aromatic rings. The van der Waals surface area contributed by atoms with Crippen molar-refractivity contribution in [3.8, 4) is 0 Å². The molecular weight excluding hydrogens is 560 g/mol. The van der Waals surface area contributed by atoms with E-state index in [0.29, 0.717) is 55.3 Å². The Morgan fingerprint density at radius 1 is 1.17 bits per heavy atom. The molecule has 1 amide bonds. The highest BCUT2D eigenvalue weighted by Crippen LogP contribution is 2.27. The highest BCUT2D eigenvalue weighted by Gasteiger charge is 2.33. The first-order chi connectivity index (χ1) is 20.0. The molecule has 0 saturated carbocycles. The van der Waals surface area contributed by atoms with Gasteiger partial charge in [0.25, 0.3) is 5.56 Å². The molecular formula is C30H35ClN6O5. The van der Waals surface area contributed by atoms with Crippen molar-refractivity contribution in [3.05, 3.63) is 92.1 Å². The zero-order chi connectivity index (χ0) is 30.4. The van der Waals surface area contributed by atoms with Gasteiger partial charge in [0.1, 0.15) is 11.4 Å². The van der Waals surface area contributed by atoms with E-state index in [2.05, 4.69) is 20.2 Å². The van der Waals surface area contributed by atoms with Crippen LogP contribution in [0.2, 0.25) is 5.02 Å². The number of aliphatic imine (C=N–C) groups is 1. The fourth-order valence-electron chi connectivity index (χ4n) is 4.95. The van der Waals surface area contributed by atoms with Crippen LogP contribution in [0.15, 0.2) is 58.6 Å². The van der Waals surface area contributed by atoms with E-state index in [1.165, 1.54) is 24.9 Å². The number of carbonyl (C=O) groups excluding carboxylic acids is 2. The summed E-state index contributed by atoms with van der Waals surface area (Å²) in [6.07, 6.45) is 2.27. The number of amides is 1. The third-order valence-corrected chi connectivity index (χ3v) is 7.76. The van der Waals surface area contributed by atoms with Gasteiger partial charge in [-0.05, 0) is 36.1 Å². The first kappa shape index (κ1) is 30.9. The molecule has 42 heavy (non-hydrogen) atoms. The molecule has 1 aliphatic rings. The number of ether oxygens (including phenoxy) is 1. The number of nitrogens with two attached hydrogens (primary N) is 1.